The highest BCUT2D eigenvalue weighted by molar-refractivity contribution is 5.72. The van der Waals surface area contributed by atoms with Crippen molar-refractivity contribution in [1.82, 2.24) is 0 Å². The predicted molar refractivity (Wildman–Crippen MR) is 101 cm³/mol. The van der Waals surface area contributed by atoms with Crippen molar-refractivity contribution in [3.8, 4) is 0 Å². The van der Waals surface area contributed by atoms with Gasteiger partial charge in [0.25, 0.3) is 0 Å². The lowest BCUT2D eigenvalue weighted by Gasteiger charge is -2.14. The van der Waals surface area contributed by atoms with Gasteiger partial charge in [-0.2, -0.15) is 0 Å². The van der Waals surface area contributed by atoms with Gasteiger partial charge < -0.3 is 4.74 Å². The number of unbranched alkanes of at least 4 members (excludes halogenated alkanes) is 12. The Labute approximate surface area is 145 Å². The largest absolute Gasteiger partial charge is 0.469 e. The van der Waals surface area contributed by atoms with E-state index in [1.165, 1.54) is 97.0 Å². The third kappa shape index (κ3) is 14.8. The maximum Gasteiger partial charge on any atom is 0.308 e. The second-order valence-corrected chi connectivity index (χ2v) is 7.04. The molecule has 0 radical (unpaired) electrons. The van der Waals surface area contributed by atoms with Crippen molar-refractivity contribution < 1.29 is 9.53 Å². The van der Waals surface area contributed by atoms with Crippen LogP contribution in [-0.2, 0) is 9.53 Å². The summed E-state index contributed by atoms with van der Waals surface area (Å²) in [6, 6.07) is 0. The molecule has 0 N–H and O–H groups in total. The number of esters is 1. The van der Waals surface area contributed by atoms with Crippen LogP contribution in [0.4, 0.5) is 0 Å². The number of hydrogen-bond donors (Lipinski definition) is 0. The SMILES string of the molecule is CCCCCCCCCC(CCCCCCCCC)C(=O)OC. The van der Waals surface area contributed by atoms with Crippen LogP contribution in [0, 0.1) is 5.92 Å². The van der Waals surface area contributed by atoms with E-state index in [-0.39, 0.29) is 11.9 Å². The molecule has 0 bridgehead atoms. The molecule has 2 heteroatoms. The fourth-order valence-corrected chi connectivity index (χ4v) is 3.24. The zero-order valence-corrected chi connectivity index (χ0v) is 16.2. The molecule has 0 unspecified atom stereocenters. The lowest BCUT2D eigenvalue weighted by molar-refractivity contribution is -0.146. The van der Waals surface area contributed by atoms with Crippen molar-refractivity contribution >= 4 is 5.97 Å². The maximum atomic E-state index is 11.9. The molecular weight excluding hydrogens is 284 g/mol. The van der Waals surface area contributed by atoms with E-state index in [2.05, 4.69) is 13.8 Å². The van der Waals surface area contributed by atoms with Crippen LogP contribution in [0.3, 0.4) is 0 Å². The number of carbonyl (C=O) groups excluding carboxylic acids is 1. The summed E-state index contributed by atoms with van der Waals surface area (Å²) in [7, 11) is 1.53. The van der Waals surface area contributed by atoms with Crippen molar-refractivity contribution in [1.29, 1.82) is 0 Å². The number of methoxy groups -OCH3 is 1. The van der Waals surface area contributed by atoms with Gasteiger partial charge in [0, 0.05) is 0 Å². The van der Waals surface area contributed by atoms with Gasteiger partial charge in [0.1, 0.15) is 0 Å². The van der Waals surface area contributed by atoms with Gasteiger partial charge in [0.05, 0.1) is 13.0 Å². The van der Waals surface area contributed by atoms with E-state index in [0.717, 1.165) is 12.8 Å². The van der Waals surface area contributed by atoms with Crippen LogP contribution in [0.25, 0.3) is 0 Å². The average molecular weight is 327 g/mol. The first-order valence-electron chi connectivity index (χ1n) is 10.3. The Balaban J connectivity index is 3.67. The third-order valence-electron chi connectivity index (χ3n) is 4.85. The van der Waals surface area contributed by atoms with Crippen LogP contribution in [0.15, 0.2) is 0 Å². The van der Waals surface area contributed by atoms with E-state index in [0.29, 0.717) is 0 Å². The monoisotopic (exact) mass is 326 g/mol. The Morgan fingerprint density at radius 2 is 1.00 bits per heavy atom. The van der Waals surface area contributed by atoms with Crippen molar-refractivity contribution in [3.05, 3.63) is 0 Å². The van der Waals surface area contributed by atoms with Gasteiger partial charge in [-0.05, 0) is 12.8 Å². The zero-order valence-electron chi connectivity index (χ0n) is 16.2. The van der Waals surface area contributed by atoms with E-state index in [1.54, 1.807) is 0 Å². The van der Waals surface area contributed by atoms with E-state index in [9.17, 15) is 4.79 Å². The highest BCUT2D eigenvalue weighted by atomic mass is 16.5. The summed E-state index contributed by atoms with van der Waals surface area (Å²) in [5.41, 5.74) is 0. The van der Waals surface area contributed by atoms with Crippen molar-refractivity contribution in [2.24, 2.45) is 5.92 Å². The van der Waals surface area contributed by atoms with Crippen molar-refractivity contribution in [2.45, 2.75) is 117 Å². The molecule has 0 aliphatic heterocycles. The Morgan fingerprint density at radius 1 is 0.652 bits per heavy atom. The third-order valence-corrected chi connectivity index (χ3v) is 4.85. The number of carbonyl (C=O) groups is 1. The van der Waals surface area contributed by atoms with Gasteiger partial charge in [-0.3, -0.25) is 4.79 Å². The van der Waals surface area contributed by atoms with Crippen LogP contribution in [0.1, 0.15) is 117 Å². The molecule has 0 aliphatic carbocycles. The summed E-state index contributed by atoms with van der Waals surface area (Å²) in [6.07, 6.45) is 20.4. The van der Waals surface area contributed by atoms with E-state index < -0.39 is 0 Å². The molecule has 0 aromatic carbocycles. The first-order chi connectivity index (χ1) is 11.3. The van der Waals surface area contributed by atoms with Gasteiger partial charge in [-0.15, -0.1) is 0 Å². The van der Waals surface area contributed by atoms with E-state index in [1.807, 2.05) is 0 Å². The highest BCUT2D eigenvalue weighted by Crippen LogP contribution is 2.20. The minimum Gasteiger partial charge on any atom is -0.469 e. The normalized spacial score (nSPS) is 11.1. The minimum atomic E-state index is 0.0157. The molecule has 0 amide bonds. The summed E-state index contributed by atoms with van der Waals surface area (Å²) in [4.78, 5) is 11.9. The Bertz CT molecular complexity index is 232. The molecule has 0 aliphatic rings. The topological polar surface area (TPSA) is 26.3 Å². The van der Waals surface area contributed by atoms with Crippen LogP contribution >= 0.6 is 0 Å². The van der Waals surface area contributed by atoms with Crippen LogP contribution in [0.2, 0.25) is 0 Å². The molecule has 0 spiro atoms. The number of rotatable bonds is 17. The van der Waals surface area contributed by atoms with E-state index in [4.69, 9.17) is 4.74 Å². The quantitative estimate of drug-likeness (QED) is 0.211. The smallest absolute Gasteiger partial charge is 0.308 e. The molecule has 0 saturated carbocycles. The summed E-state index contributed by atoms with van der Waals surface area (Å²) >= 11 is 0. The van der Waals surface area contributed by atoms with Gasteiger partial charge in [0.15, 0.2) is 0 Å². The van der Waals surface area contributed by atoms with Gasteiger partial charge in [0.2, 0.25) is 0 Å². The second kappa shape index (κ2) is 17.8. The molecule has 2 nitrogen and oxygen atoms in total. The Hall–Kier alpha value is -0.530. The molecule has 138 valence electrons. The number of hydrogen-bond acceptors (Lipinski definition) is 2. The summed E-state index contributed by atoms with van der Waals surface area (Å²) in [5, 5.41) is 0. The fourth-order valence-electron chi connectivity index (χ4n) is 3.24. The molecule has 0 aromatic heterocycles. The summed E-state index contributed by atoms with van der Waals surface area (Å²) in [5.74, 6) is 0.160. The predicted octanol–water partition coefficient (Wildman–Crippen LogP) is 7.06. The van der Waals surface area contributed by atoms with Crippen LogP contribution in [-0.4, -0.2) is 13.1 Å². The van der Waals surface area contributed by atoms with Gasteiger partial charge in [-0.25, -0.2) is 0 Å². The molecular formula is C21H42O2. The molecule has 0 aromatic rings. The Kier molecular flexibility index (Phi) is 17.4. The highest BCUT2D eigenvalue weighted by Gasteiger charge is 2.17. The van der Waals surface area contributed by atoms with Crippen molar-refractivity contribution in [2.75, 3.05) is 7.11 Å². The first-order valence-corrected chi connectivity index (χ1v) is 10.3. The number of ether oxygens (including phenoxy) is 1. The van der Waals surface area contributed by atoms with Crippen LogP contribution in [0.5, 0.6) is 0 Å². The first kappa shape index (κ1) is 22.5. The second-order valence-electron chi connectivity index (χ2n) is 7.04. The zero-order chi connectivity index (χ0) is 17.2. The molecule has 0 saturated heterocycles. The molecule has 0 heterocycles. The standard InChI is InChI=1S/C21H42O2/c1-4-6-8-10-12-14-16-18-20(21(22)23-3)19-17-15-13-11-9-7-5-2/h20H,4-19H2,1-3H3. The molecule has 23 heavy (non-hydrogen) atoms. The van der Waals surface area contributed by atoms with Gasteiger partial charge in [-0.1, -0.05) is 104 Å². The molecule has 0 rings (SSSR count). The van der Waals surface area contributed by atoms with Crippen LogP contribution < -0.4 is 0 Å². The molecule has 0 fully saturated rings. The van der Waals surface area contributed by atoms with Crippen molar-refractivity contribution in [3.63, 3.8) is 0 Å². The lowest BCUT2D eigenvalue weighted by Crippen LogP contribution is -2.16. The molecule has 0 atom stereocenters. The summed E-state index contributed by atoms with van der Waals surface area (Å²) in [6.45, 7) is 4.51. The Morgan fingerprint density at radius 3 is 1.35 bits per heavy atom. The minimum absolute atomic E-state index is 0.0157. The maximum absolute atomic E-state index is 11.9. The fraction of sp³-hybridized carbons (Fsp3) is 0.952. The lowest BCUT2D eigenvalue weighted by atomic mass is 9.94. The summed E-state index contributed by atoms with van der Waals surface area (Å²) < 4.78 is 4.99. The average Bonchev–Trinajstić information content (AvgIpc) is 2.57. The van der Waals surface area contributed by atoms with E-state index >= 15 is 0 Å². The van der Waals surface area contributed by atoms with Gasteiger partial charge >= 0.3 is 5.97 Å².